The third-order valence-corrected chi connectivity index (χ3v) is 4.51. The Morgan fingerprint density at radius 1 is 1.19 bits per heavy atom. The second-order valence-electron chi connectivity index (χ2n) is 6.69. The predicted molar refractivity (Wildman–Crippen MR) is 105 cm³/mol. The monoisotopic (exact) mass is 365 g/mol. The quantitative estimate of drug-likeness (QED) is 0.742. The minimum absolute atomic E-state index is 0.00954. The van der Waals surface area contributed by atoms with Gasteiger partial charge in [-0.2, -0.15) is 0 Å². The molecule has 1 fully saturated rings. The average molecular weight is 365 g/mol. The van der Waals surface area contributed by atoms with Crippen molar-refractivity contribution in [1.29, 1.82) is 0 Å². The number of nitrogens with zero attached hydrogens (tertiary/aromatic N) is 4. The number of pyridine rings is 1. The molecule has 0 radical (unpaired) electrons. The Morgan fingerprint density at radius 2 is 2.00 bits per heavy atom. The maximum atomic E-state index is 6.00. The lowest BCUT2D eigenvalue weighted by Crippen LogP contribution is -2.41. The summed E-state index contributed by atoms with van der Waals surface area (Å²) in [5.74, 6) is 0.487. The number of aromatic nitrogens is 3. The lowest BCUT2D eigenvalue weighted by molar-refractivity contribution is -0.000407. The number of fused-ring (bicyclic) bond motifs is 1. The molecule has 1 unspecified atom stereocenters. The summed E-state index contributed by atoms with van der Waals surface area (Å²) in [7, 11) is 4.04. The molecule has 2 aromatic heterocycles. The number of hydrogen-bond donors (Lipinski definition) is 1. The van der Waals surface area contributed by atoms with Gasteiger partial charge in [-0.25, -0.2) is 9.97 Å². The second kappa shape index (κ2) is 7.85. The van der Waals surface area contributed by atoms with Crippen LogP contribution in [0.4, 0.5) is 5.69 Å². The standard InChI is InChI=1S/C20H23N5O2/c1-25(2)15-5-3-14(4-6-15)17-11-18-19(23-8-7-22-18)20(24-17)27-13-16-12-21-9-10-26-16/h3-8,11,16,21H,9-10,12-13H2,1-2H3. The van der Waals surface area contributed by atoms with Crippen LogP contribution in [-0.4, -0.2) is 61.5 Å². The molecule has 1 aromatic carbocycles. The van der Waals surface area contributed by atoms with Crippen LogP contribution in [0.2, 0.25) is 0 Å². The van der Waals surface area contributed by atoms with E-state index in [2.05, 4.69) is 44.5 Å². The Bertz CT molecular complexity index is 908. The Morgan fingerprint density at radius 3 is 2.74 bits per heavy atom. The number of anilines is 1. The van der Waals surface area contributed by atoms with E-state index in [0.717, 1.165) is 35.6 Å². The summed E-state index contributed by atoms with van der Waals surface area (Å²) < 4.78 is 11.7. The fourth-order valence-electron chi connectivity index (χ4n) is 3.02. The number of ether oxygens (including phenoxy) is 2. The number of hydrogen-bond acceptors (Lipinski definition) is 7. The smallest absolute Gasteiger partial charge is 0.242 e. The van der Waals surface area contributed by atoms with Crippen molar-refractivity contribution < 1.29 is 9.47 Å². The second-order valence-corrected chi connectivity index (χ2v) is 6.69. The van der Waals surface area contributed by atoms with Gasteiger partial charge in [-0.1, -0.05) is 12.1 Å². The Labute approximate surface area is 158 Å². The van der Waals surface area contributed by atoms with E-state index in [9.17, 15) is 0 Å². The van der Waals surface area contributed by atoms with Crippen molar-refractivity contribution in [2.75, 3.05) is 45.3 Å². The number of rotatable bonds is 5. The van der Waals surface area contributed by atoms with Crippen molar-refractivity contribution in [3.05, 3.63) is 42.7 Å². The molecule has 1 atom stereocenters. The highest BCUT2D eigenvalue weighted by atomic mass is 16.5. The Balaban J connectivity index is 1.65. The van der Waals surface area contributed by atoms with E-state index < -0.39 is 0 Å². The van der Waals surface area contributed by atoms with Crippen LogP contribution in [0.5, 0.6) is 5.88 Å². The van der Waals surface area contributed by atoms with Crippen LogP contribution in [0.1, 0.15) is 0 Å². The zero-order valence-electron chi connectivity index (χ0n) is 15.6. The lowest BCUT2D eigenvalue weighted by Gasteiger charge is -2.23. The van der Waals surface area contributed by atoms with Gasteiger partial charge in [0.15, 0.2) is 5.52 Å². The summed E-state index contributed by atoms with van der Waals surface area (Å²) >= 11 is 0. The maximum Gasteiger partial charge on any atom is 0.242 e. The van der Waals surface area contributed by atoms with Crippen LogP contribution in [0.25, 0.3) is 22.3 Å². The number of benzene rings is 1. The van der Waals surface area contributed by atoms with Gasteiger partial charge < -0.3 is 19.7 Å². The molecule has 1 N–H and O–H groups in total. The highest BCUT2D eigenvalue weighted by molar-refractivity contribution is 5.83. The third kappa shape index (κ3) is 3.99. The van der Waals surface area contributed by atoms with Gasteiger partial charge in [0.05, 0.1) is 17.8 Å². The molecule has 1 aliphatic heterocycles. The van der Waals surface area contributed by atoms with E-state index in [0.29, 0.717) is 24.6 Å². The SMILES string of the molecule is CN(C)c1ccc(-c2cc3nccnc3c(OCC3CNCCO3)n2)cc1. The van der Waals surface area contributed by atoms with E-state index in [1.54, 1.807) is 12.4 Å². The lowest BCUT2D eigenvalue weighted by atomic mass is 10.1. The molecule has 0 bridgehead atoms. The normalized spacial score (nSPS) is 17.0. The van der Waals surface area contributed by atoms with Gasteiger partial charge in [0.2, 0.25) is 5.88 Å². The highest BCUT2D eigenvalue weighted by Crippen LogP contribution is 2.28. The van der Waals surface area contributed by atoms with Crippen molar-refractivity contribution >= 4 is 16.7 Å². The molecule has 4 rings (SSSR count). The molecule has 27 heavy (non-hydrogen) atoms. The van der Waals surface area contributed by atoms with Gasteiger partial charge in [0.25, 0.3) is 0 Å². The van der Waals surface area contributed by atoms with Crippen molar-refractivity contribution in [3.8, 4) is 17.1 Å². The Kier molecular flexibility index (Phi) is 5.13. The molecule has 0 amide bonds. The molecular formula is C20H23N5O2. The topological polar surface area (TPSA) is 72.4 Å². The van der Waals surface area contributed by atoms with Crippen molar-refractivity contribution in [2.24, 2.45) is 0 Å². The van der Waals surface area contributed by atoms with Crippen molar-refractivity contribution in [1.82, 2.24) is 20.3 Å². The van der Waals surface area contributed by atoms with E-state index >= 15 is 0 Å². The largest absolute Gasteiger partial charge is 0.473 e. The molecule has 7 nitrogen and oxygen atoms in total. The maximum absolute atomic E-state index is 6.00. The average Bonchev–Trinajstić information content (AvgIpc) is 2.72. The van der Waals surface area contributed by atoms with Crippen LogP contribution < -0.4 is 15.0 Å². The molecule has 3 aromatic rings. The first-order valence-corrected chi connectivity index (χ1v) is 9.05. The molecule has 3 heterocycles. The first-order valence-electron chi connectivity index (χ1n) is 9.05. The predicted octanol–water partition coefficient (Wildman–Crippen LogP) is 2.12. The first kappa shape index (κ1) is 17.6. The molecule has 0 spiro atoms. The summed E-state index contributed by atoms with van der Waals surface area (Å²) in [6, 6.07) is 10.2. The van der Waals surface area contributed by atoms with Gasteiger partial charge in [-0.05, 0) is 18.2 Å². The van der Waals surface area contributed by atoms with Gasteiger partial charge in [0.1, 0.15) is 12.7 Å². The van der Waals surface area contributed by atoms with Crippen LogP contribution in [0.15, 0.2) is 42.7 Å². The summed E-state index contributed by atoms with van der Waals surface area (Å²) in [5.41, 5.74) is 4.38. The summed E-state index contributed by atoms with van der Waals surface area (Å²) in [5, 5.41) is 3.30. The first-order chi connectivity index (χ1) is 13.2. The highest BCUT2D eigenvalue weighted by Gasteiger charge is 2.17. The Hall–Kier alpha value is -2.77. The summed E-state index contributed by atoms with van der Waals surface area (Å²) in [6.07, 6.45) is 3.34. The molecule has 1 aliphatic rings. The zero-order chi connectivity index (χ0) is 18.6. The van der Waals surface area contributed by atoms with Crippen LogP contribution in [-0.2, 0) is 4.74 Å². The van der Waals surface area contributed by atoms with E-state index in [1.807, 2.05) is 20.2 Å². The summed E-state index contributed by atoms with van der Waals surface area (Å²) in [6.45, 7) is 2.77. The summed E-state index contributed by atoms with van der Waals surface area (Å²) in [4.78, 5) is 15.6. The van der Waals surface area contributed by atoms with E-state index in [4.69, 9.17) is 14.5 Å². The molecule has 0 aliphatic carbocycles. The minimum Gasteiger partial charge on any atom is -0.473 e. The third-order valence-electron chi connectivity index (χ3n) is 4.51. The van der Waals surface area contributed by atoms with Crippen LogP contribution >= 0.6 is 0 Å². The van der Waals surface area contributed by atoms with Gasteiger partial charge >= 0.3 is 0 Å². The molecule has 0 saturated carbocycles. The van der Waals surface area contributed by atoms with E-state index in [1.165, 1.54) is 0 Å². The van der Waals surface area contributed by atoms with Gasteiger partial charge in [0, 0.05) is 50.8 Å². The zero-order valence-corrected chi connectivity index (χ0v) is 15.6. The van der Waals surface area contributed by atoms with Crippen LogP contribution in [0, 0.1) is 0 Å². The molecule has 7 heteroatoms. The van der Waals surface area contributed by atoms with Gasteiger partial charge in [-0.15, -0.1) is 0 Å². The number of morpholine rings is 1. The van der Waals surface area contributed by atoms with Gasteiger partial charge in [-0.3, -0.25) is 4.98 Å². The molecule has 1 saturated heterocycles. The van der Waals surface area contributed by atoms with Crippen molar-refractivity contribution in [2.45, 2.75) is 6.10 Å². The molecule has 140 valence electrons. The fraction of sp³-hybridized carbons (Fsp3) is 0.350. The van der Waals surface area contributed by atoms with E-state index in [-0.39, 0.29) is 6.10 Å². The minimum atomic E-state index is 0.00954. The van der Waals surface area contributed by atoms with Crippen molar-refractivity contribution in [3.63, 3.8) is 0 Å². The van der Waals surface area contributed by atoms with Crippen LogP contribution in [0.3, 0.4) is 0 Å². The fourth-order valence-corrected chi connectivity index (χ4v) is 3.02. The number of nitrogens with one attached hydrogen (secondary N) is 1. The molecular weight excluding hydrogens is 342 g/mol.